The molecule has 1 aromatic heterocycles. The molecule has 0 radical (unpaired) electrons. The van der Waals surface area contributed by atoms with E-state index in [-0.39, 0.29) is 12.6 Å². The minimum Gasteiger partial charge on any atom is -0.393 e. The number of aliphatic hydroxyl groups excluding tert-OH is 1. The summed E-state index contributed by atoms with van der Waals surface area (Å²) in [6, 6.07) is 2.17. The molecule has 0 aliphatic heterocycles. The molecule has 0 saturated carbocycles. The minimum absolute atomic E-state index is 0.164. The van der Waals surface area contributed by atoms with Crippen molar-refractivity contribution in [3.05, 3.63) is 20.8 Å². The molecular formula is C10H16BrNO2S. The number of rotatable bonds is 5. The second-order valence-corrected chi connectivity index (χ2v) is 5.69. The third kappa shape index (κ3) is 3.85. The zero-order chi connectivity index (χ0) is 11.5. The topological polar surface area (TPSA) is 52.5 Å². The number of thiophene rings is 1. The maximum atomic E-state index is 9.62. The molecule has 0 fully saturated rings. The zero-order valence-electron chi connectivity index (χ0n) is 8.83. The lowest BCUT2D eigenvalue weighted by Gasteiger charge is -2.23. The first-order valence-electron chi connectivity index (χ1n) is 4.76. The lowest BCUT2D eigenvalue weighted by molar-refractivity contribution is 0.00111. The Hall–Kier alpha value is 0.0600. The fourth-order valence-electron chi connectivity index (χ4n) is 1.14. The summed E-state index contributed by atoms with van der Waals surface area (Å²) in [4.78, 5) is 1.20. The number of hydrogen-bond donors (Lipinski definition) is 3. The van der Waals surface area contributed by atoms with Gasteiger partial charge in [-0.3, -0.25) is 0 Å². The number of nitrogens with one attached hydrogen (secondary N) is 1. The summed E-state index contributed by atoms with van der Waals surface area (Å²) in [5, 5.41) is 23.7. The summed E-state index contributed by atoms with van der Waals surface area (Å²) in [5.74, 6) is 0. The van der Waals surface area contributed by atoms with Gasteiger partial charge in [0.15, 0.2) is 0 Å². The van der Waals surface area contributed by atoms with E-state index in [9.17, 15) is 5.11 Å². The lowest BCUT2D eigenvalue weighted by Crippen LogP contribution is -2.41. The first-order chi connectivity index (χ1) is 6.96. The van der Waals surface area contributed by atoms with Crippen molar-refractivity contribution in [2.45, 2.75) is 25.5 Å². The number of halogens is 1. The third-order valence-electron chi connectivity index (χ3n) is 2.17. The number of aliphatic hydroxyl groups is 2. The standard InChI is InChI=1S/C10H16BrNO2S/c1-7(9-8(11)3-4-15-9)12-5-10(2,14)6-13/h3-4,7,12-14H,5-6H2,1-2H3. The van der Waals surface area contributed by atoms with Crippen LogP contribution in [0.2, 0.25) is 0 Å². The van der Waals surface area contributed by atoms with Gasteiger partial charge >= 0.3 is 0 Å². The van der Waals surface area contributed by atoms with Gasteiger partial charge in [0, 0.05) is 21.9 Å². The Kier molecular flexibility index (Phi) is 4.73. The van der Waals surface area contributed by atoms with E-state index >= 15 is 0 Å². The second kappa shape index (κ2) is 5.41. The fourth-order valence-corrected chi connectivity index (χ4v) is 2.89. The minimum atomic E-state index is -1.06. The molecule has 86 valence electrons. The predicted octanol–water partition coefficient (Wildman–Crippen LogP) is 1.90. The van der Waals surface area contributed by atoms with Gasteiger partial charge in [-0.25, -0.2) is 0 Å². The Morgan fingerprint density at radius 3 is 2.80 bits per heavy atom. The Bertz CT molecular complexity index is 314. The summed E-state index contributed by atoms with van der Waals surface area (Å²) < 4.78 is 1.08. The summed E-state index contributed by atoms with van der Waals surface area (Å²) in [5.41, 5.74) is -1.06. The molecule has 5 heteroatoms. The highest BCUT2D eigenvalue weighted by atomic mass is 79.9. The monoisotopic (exact) mass is 293 g/mol. The van der Waals surface area contributed by atoms with Crippen LogP contribution < -0.4 is 5.32 Å². The van der Waals surface area contributed by atoms with E-state index in [0.29, 0.717) is 6.54 Å². The van der Waals surface area contributed by atoms with Crippen molar-refractivity contribution in [3.8, 4) is 0 Å². The highest BCUT2D eigenvalue weighted by molar-refractivity contribution is 9.10. The molecule has 1 aromatic rings. The highest BCUT2D eigenvalue weighted by Gasteiger charge is 2.20. The van der Waals surface area contributed by atoms with Gasteiger partial charge in [-0.05, 0) is 41.2 Å². The van der Waals surface area contributed by atoms with Crippen molar-refractivity contribution in [1.82, 2.24) is 5.32 Å². The van der Waals surface area contributed by atoms with Gasteiger partial charge in [-0.1, -0.05) is 0 Å². The second-order valence-electron chi connectivity index (χ2n) is 3.89. The Labute approximate surface area is 102 Å². The van der Waals surface area contributed by atoms with Crippen LogP contribution in [0.1, 0.15) is 24.8 Å². The molecule has 0 amide bonds. The molecule has 15 heavy (non-hydrogen) atoms. The van der Waals surface area contributed by atoms with E-state index in [1.165, 1.54) is 4.88 Å². The average molecular weight is 294 g/mol. The van der Waals surface area contributed by atoms with E-state index in [1.54, 1.807) is 18.3 Å². The van der Waals surface area contributed by atoms with Crippen molar-refractivity contribution < 1.29 is 10.2 Å². The molecule has 0 bridgehead atoms. The van der Waals surface area contributed by atoms with Crippen molar-refractivity contribution >= 4 is 27.3 Å². The number of hydrogen-bond acceptors (Lipinski definition) is 4. The van der Waals surface area contributed by atoms with Gasteiger partial charge in [0.2, 0.25) is 0 Å². The summed E-state index contributed by atoms with van der Waals surface area (Å²) in [6.45, 7) is 3.77. The molecule has 1 rings (SSSR count). The molecule has 0 aliphatic rings. The molecule has 0 aromatic carbocycles. The SMILES string of the molecule is CC(NCC(C)(O)CO)c1sccc1Br. The Balaban J connectivity index is 2.50. The lowest BCUT2D eigenvalue weighted by atomic mass is 10.1. The summed E-state index contributed by atoms with van der Waals surface area (Å²) in [6.07, 6.45) is 0. The summed E-state index contributed by atoms with van der Waals surface area (Å²) in [7, 11) is 0. The van der Waals surface area contributed by atoms with Crippen LogP contribution >= 0.6 is 27.3 Å². The van der Waals surface area contributed by atoms with E-state index in [0.717, 1.165) is 4.47 Å². The van der Waals surface area contributed by atoms with Crippen LogP contribution in [0.5, 0.6) is 0 Å². The zero-order valence-corrected chi connectivity index (χ0v) is 11.2. The molecule has 3 N–H and O–H groups in total. The summed E-state index contributed by atoms with van der Waals surface area (Å²) >= 11 is 5.13. The molecule has 2 unspecified atom stereocenters. The van der Waals surface area contributed by atoms with E-state index in [4.69, 9.17) is 5.11 Å². The van der Waals surface area contributed by atoms with Gasteiger partial charge in [0.1, 0.15) is 0 Å². The normalized spacial score (nSPS) is 17.4. The maximum Gasteiger partial charge on any atom is 0.0973 e. The van der Waals surface area contributed by atoms with Crippen LogP contribution in [0.15, 0.2) is 15.9 Å². The van der Waals surface area contributed by atoms with Crippen molar-refractivity contribution in [2.24, 2.45) is 0 Å². The highest BCUT2D eigenvalue weighted by Crippen LogP contribution is 2.28. The molecular weight excluding hydrogens is 278 g/mol. The Morgan fingerprint density at radius 2 is 2.33 bits per heavy atom. The van der Waals surface area contributed by atoms with E-state index in [2.05, 4.69) is 21.2 Å². The van der Waals surface area contributed by atoms with Gasteiger partial charge in [-0.2, -0.15) is 0 Å². The molecule has 2 atom stereocenters. The molecule has 0 spiro atoms. The van der Waals surface area contributed by atoms with Crippen LogP contribution in [0, 0.1) is 0 Å². The van der Waals surface area contributed by atoms with E-state index < -0.39 is 5.60 Å². The van der Waals surface area contributed by atoms with Gasteiger partial charge in [0.25, 0.3) is 0 Å². The quantitative estimate of drug-likeness (QED) is 0.777. The molecule has 1 heterocycles. The third-order valence-corrected chi connectivity index (χ3v) is 4.22. The molecule has 0 saturated heterocycles. The average Bonchev–Trinajstić information content (AvgIpc) is 2.61. The fraction of sp³-hybridized carbons (Fsp3) is 0.600. The van der Waals surface area contributed by atoms with Gasteiger partial charge in [-0.15, -0.1) is 11.3 Å². The smallest absolute Gasteiger partial charge is 0.0973 e. The van der Waals surface area contributed by atoms with E-state index in [1.807, 2.05) is 18.4 Å². The van der Waals surface area contributed by atoms with Gasteiger partial charge < -0.3 is 15.5 Å². The predicted molar refractivity (Wildman–Crippen MR) is 66.1 cm³/mol. The van der Waals surface area contributed by atoms with Crippen molar-refractivity contribution in [2.75, 3.05) is 13.2 Å². The molecule has 0 aliphatic carbocycles. The maximum absolute atomic E-state index is 9.62. The first-order valence-corrected chi connectivity index (χ1v) is 6.43. The van der Waals surface area contributed by atoms with Crippen molar-refractivity contribution in [1.29, 1.82) is 0 Å². The van der Waals surface area contributed by atoms with Crippen LogP contribution in [0.4, 0.5) is 0 Å². The molecule has 3 nitrogen and oxygen atoms in total. The van der Waals surface area contributed by atoms with Crippen LogP contribution in [-0.2, 0) is 0 Å². The van der Waals surface area contributed by atoms with Crippen molar-refractivity contribution in [3.63, 3.8) is 0 Å². The van der Waals surface area contributed by atoms with Gasteiger partial charge in [0.05, 0.1) is 12.2 Å². The largest absolute Gasteiger partial charge is 0.393 e. The Morgan fingerprint density at radius 1 is 1.67 bits per heavy atom. The van der Waals surface area contributed by atoms with Crippen LogP contribution in [0.3, 0.4) is 0 Å². The van der Waals surface area contributed by atoms with Crippen LogP contribution in [-0.4, -0.2) is 29.0 Å². The first kappa shape index (κ1) is 13.1. The van der Waals surface area contributed by atoms with Crippen LogP contribution in [0.25, 0.3) is 0 Å².